The number of carbonyl (C=O) groups excluding carboxylic acids is 3. The number of benzene rings is 3. The Bertz CT molecular complexity index is 1300. The number of nitrogens with zero attached hydrogens (tertiary/aromatic N) is 2. The van der Waals surface area contributed by atoms with Gasteiger partial charge in [-0.2, -0.15) is 0 Å². The van der Waals surface area contributed by atoms with Crippen molar-refractivity contribution in [1.29, 1.82) is 0 Å². The normalized spacial score (nSPS) is 10.4. The smallest absolute Gasteiger partial charge is 0.376 e. The Morgan fingerprint density at radius 3 is 1.22 bits per heavy atom. The van der Waals surface area contributed by atoms with Gasteiger partial charge in [-0.1, -0.05) is 91.0 Å². The van der Waals surface area contributed by atoms with E-state index >= 15 is 0 Å². The van der Waals surface area contributed by atoms with Crippen LogP contribution >= 0.6 is 0 Å². The van der Waals surface area contributed by atoms with Crippen LogP contribution in [0.1, 0.15) is 53.8 Å². The topological polar surface area (TPSA) is 105 Å². The number of aromatic nitrogens is 2. The van der Waals surface area contributed by atoms with Gasteiger partial charge in [0, 0.05) is 5.56 Å². The third kappa shape index (κ3) is 6.85. The van der Waals surface area contributed by atoms with Crippen molar-refractivity contribution in [2.75, 3.05) is 0 Å². The molecule has 0 aliphatic carbocycles. The molecule has 0 saturated carbocycles. The fraction of sp³-hybridized carbons (Fsp3) is 0.138. The average molecular weight is 497 g/mol. The summed E-state index contributed by atoms with van der Waals surface area (Å²) in [7, 11) is 0. The molecule has 4 rings (SSSR count). The van der Waals surface area contributed by atoms with Crippen LogP contribution in [0.4, 0.5) is 0 Å². The Morgan fingerprint density at radius 1 is 0.541 bits per heavy atom. The Balaban J connectivity index is 1.58. The van der Waals surface area contributed by atoms with Crippen LogP contribution in [0.5, 0.6) is 0 Å². The lowest BCUT2D eigenvalue weighted by Gasteiger charge is -2.12. The van der Waals surface area contributed by atoms with E-state index in [9.17, 15) is 14.4 Å². The molecule has 0 aliphatic heterocycles. The van der Waals surface area contributed by atoms with Crippen LogP contribution in [-0.4, -0.2) is 27.9 Å². The number of esters is 3. The van der Waals surface area contributed by atoms with Crippen molar-refractivity contribution >= 4 is 17.9 Å². The summed E-state index contributed by atoms with van der Waals surface area (Å²) in [4.78, 5) is 46.8. The summed E-state index contributed by atoms with van der Waals surface area (Å²) in [6, 6.07) is 27.2. The number of carbonyl (C=O) groups is 3. The van der Waals surface area contributed by atoms with E-state index in [-0.39, 0.29) is 36.8 Å². The molecule has 0 unspecified atom stereocenters. The van der Waals surface area contributed by atoms with Gasteiger partial charge in [0.25, 0.3) is 0 Å². The largest absolute Gasteiger partial charge is 0.456 e. The molecular formula is C29H24N2O6. The van der Waals surface area contributed by atoms with Crippen LogP contribution < -0.4 is 0 Å². The molecule has 0 saturated heterocycles. The van der Waals surface area contributed by atoms with E-state index in [0.29, 0.717) is 0 Å². The second-order valence-electron chi connectivity index (χ2n) is 8.05. The number of ether oxygens (including phenoxy) is 3. The van der Waals surface area contributed by atoms with E-state index in [0.717, 1.165) is 16.7 Å². The quantitative estimate of drug-likeness (QED) is 0.239. The van der Waals surface area contributed by atoms with Crippen LogP contribution in [0.15, 0.2) is 91.0 Å². The summed E-state index contributed by atoms with van der Waals surface area (Å²) in [6.45, 7) is 1.45. The van der Waals surface area contributed by atoms with Crippen molar-refractivity contribution < 1.29 is 28.6 Å². The lowest BCUT2D eigenvalue weighted by atomic mass is 10.1. The van der Waals surface area contributed by atoms with Gasteiger partial charge in [-0.15, -0.1) is 0 Å². The van der Waals surface area contributed by atoms with Crippen molar-refractivity contribution in [1.82, 2.24) is 9.97 Å². The van der Waals surface area contributed by atoms with E-state index in [4.69, 9.17) is 14.2 Å². The summed E-state index contributed by atoms with van der Waals surface area (Å²) in [6.07, 6.45) is 0. The molecule has 0 N–H and O–H groups in total. The molecule has 0 aliphatic rings. The van der Waals surface area contributed by atoms with Gasteiger partial charge in [-0.25, -0.2) is 24.4 Å². The van der Waals surface area contributed by atoms with Gasteiger partial charge in [0.05, 0.1) is 0 Å². The van der Waals surface area contributed by atoms with Crippen molar-refractivity contribution in [2.45, 2.75) is 26.7 Å². The zero-order chi connectivity index (χ0) is 26.0. The standard InChI is InChI=1S/C29H24N2O6/c1-20-24(27(32)35-17-21-11-5-2-6-12-21)30-26(29(34)37-19-23-15-9-4-10-16-23)31-25(20)28(33)36-18-22-13-7-3-8-14-22/h2-16H,17-19H2,1H3. The minimum atomic E-state index is -0.891. The average Bonchev–Trinajstić information content (AvgIpc) is 2.95. The molecule has 0 radical (unpaired) electrons. The first-order chi connectivity index (χ1) is 18.0. The molecule has 0 bridgehead atoms. The molecule has 0 spiro atoms. The Morgan fingerprint density at radius 2 is 0.865 bits per heavy atom. The minimum absolute atomic E-state index is 0.00924. The molecule has 1 heterocycles. The maximum Gasteiger partial charge on any atom is 0.376 e. The van der Waals surface area contributed by atoms with Crippen molar-refractivity contribution in [3.63, 3.8) is 0 Å². The summed E-state index contributed by atoms with van der Waals surface area (Å²) in [5, 5.41) is 0. The molecule has 0 atom stereocenters. The zero-order valence-electron chi connectivity index (χ0n) is 20.1. The highest BCUT2D eigenvalue weighted by Gasteiger charge is 2.26. The van der Waals surface area contributed by atoms with E-state index in [2.05, 4.69) is 9.97 Å². The number of hydrogen-bond acceptors (Lipinski definition) is 8. The minimum Gasteiger partial charge on any atom is -0.456 e. The van der Waals surface area contributed by atoms with E-state index in [1.165, 1.54) is 6.92 Å². The van der Waals surface area contributed by atoms with E-state index < -0.39 is 23.7 Å². The molecule has 8 nitrogen and oxygen atoms in total. The third-order valence-corrected chi connectivity index (χ3v) is 5.35. The number of hydrogen-bond donors (Lipinski definition) is 0. The number of rotatable bonds is 9. The molecule has 0 fully saturated rings. The van der Waals surface area contributed by atoms with Crippen LogP contribution in [-0.2, 0) is 34.0 Å². The molecule has 186 valence electrons. The second-order valence-corrected chi connectivity index (χ2v) is 8.05. The fourth-order valence-corrected chi connectivity index (χ4v) is 3.38. The highest BCUT2D eigenvalue weighted by molar-refractivity contribution is 5.97. The van der Waals surface area contributed by atoms with Crippen LogP contribution in [0.3, 0.4) is 0 Å². The van der Waals surface area contributed by atoms with Crippen LogP contribution in [0.2, 0.25) is 0 Å². The maximum absolute atomic E-state index is 12.9. The fourth-order valence-electron chi connectivity index (χ4n) is 3.38. The SMILES string of the molecule is Cc1c(C(=O)OCc2ccccc2)nc(C(=O)OCc2ccccc2)nc1C(=O)OCc1ccccc1. The summed E-state index contributed by atoms with van der Waals surface area (Å²) >= 11 is 0. The molecule has 37 heavy (non-hydrogen) atoms. The van der Waals surface area contributed by atoms with Gasteiger partial charge in [-0.05, 0) is 23.6 Å². The first-order valence-corrected chi connectivity index (χ1v) is 11.5. The van der Waals surface area contributed by atoms with Gasteiger partial charge in [0.1, 0.15) is 19.8 Å². The lowest BCUT2D eigenvalue weighted by molar-refractivity contribution is 0.0443. The summed E-state index contributed by atoms with van der Waals surface area (Å²) < 4.78 is 16.1. The zero-order valence-corrected chi connectivity index (χ0v) is 20.1. The van der Waals surface area contributed by atoms with E-state index in [1.807, 2.05) is 54.6 Å². The first kappa shape index (κ1) is 25.2. The monoisotopic (exact) mass is 496 g/mol. The van der Waals surface area contributed by atoms with Crippen molar-refractivity contribution in [3.8, 4) is 0 Å². The van der Waals surface area contributed by atoms with Crippen molar-refractivity contribution in [3.05, 3.63) is 130 Å². The predicted molar refractivity (Wildman–Crippen MR) is 133 cm³/mol. The Kier molecular flexibility index (Phi) is 8.33. The third-order valence-electron chi connectivity index (χ3n) is 5.35. The lowest BCUT2D eigenvalue weighted by Crippen LogP contribution is -2.21. The highest BCUT2D eigenvalue weighted by Crippen LogP contribution is 2.16. The van der Waals surface area contributed by atoms with Gasteiger partial charge >= 0.3 is 17.9 Å². The van der Waals surface area contributed by atoms with Gasteiger partial charge in [-0.3, -0.25) is 0 Å². The van der Waals surface area contributed by atoms with Gasteiger partial charge in [0.2, 0.25) is 5.82 Å². The van der Waals surface area contributed by atoms with Gasteiger partial charge in [0.15, 0.2) is 11.4 Å². The van der Waals surface area contributed by atoms with Crippen LogP contribution in [0.25, 0.3) is 0 Å². The Hall–Kier alpha value is -4.85. The molecule has 1 aromatic heterocycles. The highest BCUT2D eigenvalue weighted by atomic mass is 16.5. The maximum atomic E-state index is 12.9. The van der Waals surface area contributed by atoms with E-state index in [1.54, 1.807) is 36.4 Å². The van der Waals surface area contributed by atoms with Gasteiger partial charge < -0.3 is 14.2 Å². The first-order valence-electron chi connectivity index (χ1n) is 11.5. The molecule has 0 amide bonds. The second kappa shape index (κ2) is 12.2. The molecule has 8 heteroatoms. The van der Waals surface area contributed by atoms with Crippen molar-refractivity contribution in [2.24, 2.45) is 0 Å². The predicted octanol–water partition coefficient (Wildman–Crippen LogP) is 4.86. The molecule has 3 aromatic carbocycles. The summed E-state index contributed by atoms with van der Waals surface area (Å²) in [5.74, 6) is -2.95. The van der Waals surface area contributed by atoms with Crippen LogP contribution in [0, 0.1) is 6.92 Å². The Labute approximate surface area is 213 Å². The molecular weight excluding hydrogens is 472 g/mol. The summed E-state index contributed by atoms with van der Waals surface area (Å²) in [5.41, 5.74) is 2.00. The molecule has 4 aromatic rings.